The molecule has 0 aliphatic heterocycles. The minimum absolute atomic E-state index is 0.0347. The average molecular weight is 321 g/mol. The first-order valence-electron chi connectivity index (χ1n) is 7.61. The van der Waals surface area contributed by atoms with E-state index in [2.05, 4.69) is 51.9 Å². The maximum atomic E-state index is 10.7. The Kier molecular flexibility index (Phi) is 5.88. The van der Waals surface area contributed by atoms with Gasteiger partial charge in [0, 0.05) is 24.7 Å². The van der Waals surface area contributed by atoms with E-state index in [0.717, 1.165) is 0 Å². The van der Waals surface area contributed by atoms with Crippen LogP contribution >= 0.6 is 0 Å². The van der Waals surface area contributed by atoms with Crippen LogP contribution in [-0.4, -0.2) is 29.4 Å². The van der Waals surface area contributed by atoms with Crippen molar-refractivity contribution in [1.82, 2.24) is 5.32 Å². The number of ether oxygens (including phenoxy) is 1. The topological polar surface area (TPSA) is 76.8 Å². The lowest BCUT2D eigenvalue weighted by molar-refractivity contribution is -0.384. The van der Waals surface area contributed by atoms with Crippen LogP contribution in [0, 0.1) is 15.5 Å². The summed E-state index contributed by atoms with van der Waals surface area (Å²) in [6.07, 6.45) is 0. The van der Waals surface area contributed by atoms with Crippen molar-refractivity contribution in [2.24, 2.45) is 10.4 Å². The van der Waals surface area contributed by atoms with Crippen LogP contribution in [0.5, 0.6) is 5.75 Å². The summed E-state index contributed by atoms with van der Waals surface area (Å²) >= 11 is 0. The van der Waals surface area contributed by atoms with Gasteiger partial charge < -0.3 is 10.1 Å². The third-order valence-corrected chi connectivity index (χ3v) is 3.18. The quantitative estimate of drug-likeness (QED) is 0.396. The van der Waals surface area contributed by atoms with Crippen molar-refractivity contribution in [1.29, 1.82) is 0 Å². The molecule has 1 atom stereocenters. The van der Waals surface area contributed by atoms with Gasteiger partial charge in [0.15, 0.2) is 0 Å². The highest BCUT2D eigenvalue weighted by molar-refractivity contribution is 5.84. The fraction of sp³-hybridized carbons (Fsp3) is 0.588. The van der Waals surface area contributed by atoms with Crippen molar-refractivity contribution >= 4 is 11.6 Å². The van der Waals surface area contributed by atoms with Crippen LogP contribution in [0.2, 0.25) is 0 Å². The second-order valence-corrected chi connectivity index (χ2v) is 7.61. The Morgan fingerprint density at radius 1 is 1.17 bits per heavy atom. The van der Waals surface area contributed by atoms with Crippen molar-refractivity contribution in [3.8, 4) is 5.75 Å². The van der Waals surface area contributed by atoms with Crippen LogP contribution in [0.4, 0.5) is 5.69 Å². The fourth-order valence-corrected chi connectivity index (χ4v) is 2.07. The third-order valence-electron chi connectivity index (χ3n) is 3.18. The van der Waals surface area contributed by atoms with Crippen molar-refractivity contribution in [3.63, 3.8) is 0 Å². The molecule has 0 saturated carbocycles. The maximum Gasteiger partial charge on any atom is 0.269 e. The van der Waals surface area contributed by atoms with Crippen molar-refractivity contribution in [2.75, 3.05) is 7.05 Å². The molecule has 0 radical (unpaired) electrons. The molecule has 0 bridgehead atoms. The van der Waals surface area contributed by atoms with E-state index in [1.807, 2.05) is 0 Å². The molecule has 0 aliphatic rings. The van der Waals surface area contributed by atoms with Crippen LogP contribution in [0.3, 0.4) is 0 Å². The molecular weight excluding hydrogens is 294 g/mol. The average Bonchev–Trinajstić information content (AvgIpc) is 2.41. The summed E-state index contributed by atoms with van der Waals surface area (Å²) < 4.78 is 5.90. The molecule has 6 nitrogen and oxygen atoms in total. The first kappa shape index (κ1) is 19.1. The zero-order chi connectivity index (χ0) is 17.8. The summed E-state index contributed by atoms with van der Waals surface area (Å²) in [5, 5.41) is 14.3. The van der Waals surface area contributed by atoms with Crippen LogP contribution < -0.4 is 10.1 Å². The van der Waals surface area contributed by atoms with Gasteiger partial charge in [-0.25, -0.2) is 0 Å². The monoisotopic (exact) mass is 321 g/mol. The smallest absolute Gasteiger partial charge is 0.269 e. The minimum atomic E-state index is -0.433. The zero-order valence-corrected chi connectivity index (χ0v) is 15.0. The summed E-state index contributed by atoms with van der Waals surface area (Å²) in [4.78, 5) is 14.6. The number of nitro benzene ring substituents is 1. The van der Waals surface area contributed by atoms with Gasteiger partial charge in [-0.3, -0.25) is 15.1 Å². The van der Waals surface area contributed by atoms with Gasteiger partial charge in [0.1, 0.15) is 5.75 Å². The van der Waals surface area contributed by atoms with Gasteiger partial charge in [-0.2, -0.15) is 0 Å². The normalized spacial score (nSPS) is 14.5. The molecule has 23 heavy (non-hydrogen) atoms. The van der Waals surface area contributed by atoms with Gasteiger partial charge in [-0.15, -0.1) is 0 Å². The molecule has 1 aromatic rings. The molecule has 0 aromatic heterocycles. The lowest BCUT2D eigenvalue weighted by Gasteiger charge is -2.37. The number of benzene rings is 1. The Balaban J connectivity index is 3.02. The number of hydrogen-bond donors (Lipinski definition) is 1. The van der Waals surface area contributed by atoms with E-state index in [1.165, 1.54) is 12.1 Å². The van der Waals surface area contributed by atoms with Gasteiger partial charge in [-0.1, -0.05) is 20.8 Å². The SMILES string of the molecule is CN=C(Oc1ccc([N+](=O)[O-])cc1)C(NC(C)(C)C)C(C)(C)C. The summed E-state index contributed by atoms with van der Waals surface area (Å²) in [7, 11) is 1.68. The first-order chi connectivity index (χ1) is 10.4. The molecule has 0 amide bonds. The maximum absolute atomic E-state index is 10.7. The highest BCUT2D eigenvalue weighted by Gasteiger charge is 2.33. The number of aliphatic imine (C=N–C) groups is 1. The summed E-state index contributed by atoms with van der Waals surface area (Å²) in [5.41, 5.74) is -0.178. The van der Waals surface area contributed by atoms with Gasteiger partial charge in [-0.05, 0) is 38.3 Å². The summed E-state index contributed by atoms with van der Waals surface area (Å²) in [5.74, 6) is 1.09. The van der Waals surface area contributed by atoms with Crippen LogP contribution in [0.1, 0.15) is 41.5 Å². The van der Waals surface area contributed by atoms with E-state index in [4.69, 9.17) is 4.74 Å². The molecule has 0 fully saturated rings. The fourth-order valence-electron chi connectivity index (χ4n) is 2.07. The molecular formula is C17H27N3O3. The Morgan fingerprint density at radius 3 is 2.04 bits per heavy atom. The Labute approximate surface area is 138 Å². The zero-order valence-electron chi connectivity index (χ0n) is 15.0. The number of rotatable bonds is 4. The van der Waals surface area contributed by atoms with Crippen molar-refractivity contribution < 1.29 is 9.66 Å². The molecule has 0 heterocycles. The lowest BCUT2D eigenvalue weighted by atomic mass is 9.85. The Bertz CT molecular complexity index is 566. The number of hydrogen-bond acceptors (Lipinski definition) is 5. The van der Waals surface area contributed by atoms with E-state index in [9.17, 15) is 10.1 Å². The highest BCUT2D eigenvalue weighted by atomic mass is 16.6. The number of nitrogens with one attached hydrogen (secondary N) is 1. The predicted molar refractivity (Wildman–Crippen MR) is 93.2 cm³/mol. The molecule has 1 rings (SSSR count). The highest BCUT2D eigenvalue weighted by Crippen LogP contribution is 2.25. The molecule has 6 heteroatoms. The second-order valence-electron chi connectivity index (χ2n) is 7.61. The molecule has 0 spiro atoms. The van der Waals surface area contributed by atoms with Crippen LogP contribution in [0.15, 0.2) is 29.3 Å². The number of nitrogens with zero attached hydrogens (tertiary/aromatic N) is 2. The van der Waals surface area contributed by atoms with Crippen molar-refractivity contribution in [2.45, 2.75) is 53.1 Å². The van der Waals surface area contributed by atoms with Crippen LogP contribution in [-0.2, 0) is 0 Å². The minimum Gasteiger partial charge on any atom is -0.442 e. The van der Waals surface area contributed by atoms with Gasteiger partial charge in [0.05, 0.1) is 11.0 Å². The predicted octanol–water partition coefficient (Wildman–Crippen LogP) is 3.80. The molecule has 0 aliphatic carbocycles. The van der Waals surface area contributed by atoms with Gasteiger partial charge in [0.25, 0.3) is 5.69 Å². The van der Waals surface area contributed by atoms with Gasteiger partial charge >= 0.3 is 0 Å². The van der Waals surface area contributed by atoms with E-state index >= 15 is 0 Å². The third kappa shape index (κ3) is 5.98. The first-order valence-corrected chi connectivity index (χ1v) is 7.61. The molecule has 128 valence electrons. The molecule has 0 saturated heterocycles. The summed E-state index contributed by atoms with van der Waals surface area (Å²) in [6.45, 7) is 12.6. The molecule has 1 unspecified atom stereocenters. The second kappa shape index (κ2) is 7.08. The van der Waals surface area contributed by atoms with Crippen LogP contribution in [0.25, 0.3) is 0 Å². The summed E-state index contributed by atoms with van der Waals surface area (Å²) in [6, 6.07) is 5.92. The number of nitro groups is 1. The number of non-ortho nitro benzene ring substituents is 1. The van der Waals surface area contributed by atoms with Gasteiger partial charge in [0.2, 0.25) is 5.90 Å². The van der Waals surface area contributed by atoms with E-state index in [-0.39, 0.29) is 22.7 Å². The Hall–Kier alpha value is -1.95. The van der Waals surface area contributed by atoms with E-state index in [1.54, 1.807) is 19.2 Å². The Morgan fingerprint density at radius 2 is 1.70 bits per heavy atom. The van der Waals surface area contributed by atoms with E-state index in [0.29, 0.717) is 11.6 Å². The molecule has 1 N–H and O–H groups in total. The lowest BCUT2D eigenvalue weighted by Crippen LogP contribution is -2.55. The largest absolute Gasteiger partial charge is 0.442 e. The van der Waals surface area contributed by atoms with Crippen molar-refractivity contribution in [3.05, 3.63) is 34.4 Å². The molecule has 1 aromatic carbocycles. The standard InChI is InChI=1S/C17H27N3O3/c1-16(2,3)14(19-17(4,5)6)15(18-7)23-13-10-8-12(9-11-13)20(21)22/h8-11,14,19H,1-7H3. The van der Waals surface area contributed by atoms with E-state index < -0.39 is 4.92 Å².